The molecule has 0 amide bonds. The Kier molecular flexibility index (Phi) is 2.32. The van der Waals surface area contributed by atoms with E-state index in [1.807, 2.05) is 18.0 Å². The Bertz CT molecular complexity index is 349. The molecule has 1 aliphatic heterocycles. The monoisotopic (exact) mass is 194 g/mol. The van der Waals surface area contributed by atoms with Gasteiger partial charge in [0.2, 0.25) is 0 Å². The second kappa shape index (κ2) is 3.48. The summed E-state index contributed by atoms with van der Waals surface area (Å²) in [6.07, 6.45) is 3.16. The molecule has 1 aliphatic rings. The number of nitrogens with two attached hydrogens (primary N) is 1. The maximum absolute atomic E-state index is 13.6. The lowest BCUT2D eigenvalue weighted by Crippen LogP contribution is -2.19. The highest BCUT2D eigenvalue weighted by Gasteiger charge is 2.16. The molecule has 2 nitrogen and oxygen atoms in total. The SMILES string of the molecule is CN1CCCCc2cc(N)cc(F)c21. The van der Waals surface area contributed by atoms with Crippen LogP contribution < -0.4 is 10.6 Å². The molecule has 76 valence electrons. The first-order valence-corrected chi connectivity index (χ1v) is 4.97. The molecule has 0 radical (unpaired) electrons. The summed E-state index contributed by atoms with van der Waals surface area (Å²) in [6, 6.07) is 3.29. The number of hydrogen-bond acceptors (Lipinski definition) is 2. The van der Waals surface area contributed by atoms with Crippen molar-refractivity contribution < 1.29 is 4.39 Å². The number of anilines is 2. The van der Waals surface area contributed by atoms with Crippen LogP contribution in [0.2, 0.25) is 0 Å². The van der Waals surface area contributed by atoms with E-state index in [9.17, 15) is 4.39 Å². The van der Waals surface area contributed by atoms with Crippen molar-refractivity contribution in [1.82, 2.24) is 0 Å². The van der Waals surface area contributed by atoms with Crippen LogP contribution in [0.3, 0.4) is 0 Å². The lowest BCUT2D eigenvalue weighted by Gasteiger charge is -2.20. The molecule has 14 heavy (non-hydrogen) atoms. The number of benzene rings is 1. The number of nitrogens with zero attached hydrogens (tertiary/aromatic N) is 1. The molecule has 0 saturated carbocycles. The first-order valence-electron chi connectivity index (χ1n) is 4.97. The third kappa shape index (κ3) is 1.54. The Labute approximate surface area is 83.5 Å². The Morgan fingerprint density at radius 3 is 2.93 bits per heavy atom. The molecule has 0 aromatic heterocycles. The van der Waals surface area contributed by atoms with E-state index in [-0.39, 0.29) is 5.82 Å². The van der Waals surface area contributed by atoms with Crippen LogP contribution >= 0.6 is 0 Å². The minimum atomic E-state index is -0.190. The van der Waals surface area contributed by atoms with Gasteiger partial charge in [-0.2, -0.15) is 0 Å². The number of hydrogen-bond donors (Lipinski definition) is 1. The molecule has 1 heterocycles. The molecule has 3 heteroatoms. The van der Waals surface area contributed by atoms with Gasteiger partial charge in [-0.15, -0.1) is 0 Å². The van der Waals surface area contributed by atoms with E-state index in [2.05, 4.69) is 0 Å². The van der Waals surface area contributed by atoms with Gasteiger partial charge in [0.1, 0.15) is 5.82 Å². The Hall–Kier alpha value is -1.25. The van der Waals surface area contributed by atoms with Crippen molar-refractivity contribution >= 4 is 11.4 Å². The van der Waals surface area contributed by atoms with Gasteiger partial charge >= 0.3 is 0 Å². The molecular weight excluding hydrogens is 179 g/mol. The van der Waals surface area contributed by atoms with Gasteiger partial charge in [-0.3, -0.25) is 0 Å². The Morgan fingerprint density at radius 2 is 2.14 bits per heavy atom. The number of fused-ring (bicyclic) bond motifs is 1. The van der Waals surface area contributed by atoms with Crippen molar-refractivity contribution in [2.75, 3.05) is 24.2 Å². The molecular formula is C11H15FN2. The van der Waals surface area contributed by atoms with Crippen LogP contribution in [0, 0.1) is 5.82 Å². The number of rotatable bonds is 0. The van der Waals surface area contributed by atoms with Gasteiger partial charge in [-0.25, -0.2) is 4.39 Å². The molecule has 0 atom stereocenters. The second-order valence-electron chi connectivity index (χ2n) is 3.89. The fraction of sp³-hybridized carbons (Fsp3) is 0.455. The van der Waals surface area contributed by atoms with Crippen molar-refractivity contribution in [3.63, 3.8) is 0 Å². The maximum atomic E-state index is 13.6. The predicted octanol–water partition coefficient (Wildman–Crippen LogP) is 2.18. The lowest BCUT2D eigenvalue weighted by atomic mass is 10.1. The summed E-state index contributed by atoms with van der Waals surface area (Å²) < 4.78 is 13.6. The number of nitrogen functional groups attached to an aromatic ring is 1. The van der Waals surface area contributed by atoms with Gasteiger partial charge in [-0.05, 0) is 37.0 Å². The standard InChI is InChI=1S/C11H15FN2/c1-14-5-3-2-4-8-6-9(13)7-10(12)11(8)14/h6-7H,2-5,13H2,1H3. The van der Waals surface area contributed by atoms with Gasteiger partial charge in [-0.1, -0.05) is 0 Å². The molecule has 0 bridgehead atoms. The van der Waals surface area contributed by atoms with Gasteiger partial charge in [0.25, 0.3) is 0 Å². The van der Waals surface area contributed by atoms with Crippen LogP contribution in [0.1, 0.15) is 18.4 Å². The zero-order valence-electron chi connectivity index (χ0n) is 8.39. The molecule has 2 N–H and O–H groups in total. The van der Waals surface area contributed by atoms with E-state index < -0.39 is 0 Å². The van der Waals surface area contributed by atoms with Crippen molar-refractivity contribution in [3.8, 4) is 0 Å². The summed E-state index contributed by atoms with van der Waals surface area (Å²) in [5, 5.41) is 0. The fourth-order valence-electron chi connectivity index (χ4n) is 2.07. The van der Waals surface area contributed by atoms with Crippen molar-refractivity contribution in [3.05, 3.63) is 23.5 Å². The minimum Gasteiger partial charge on any atom is -0.399 e. The predicted molar refractivity (Wildman–Crippen MR) is 57.0 cm³/mol. The number of halogens is 1. The highest BCUT2D eigenvalue weighted by Crippen LogP contribution is 2.30. The van der Waals surface area contributed by atoms with Gasteiger partial charge in [0.15, 0.2) is 0 Å². The molecule has 0 unspecified atom stereocenters. The van der Waals surface area contributed by atoms with Crippen LogP contribution in [0.5, 0.6) is 0 Å². The van der Waals surface area contributed by atoms with Crippen LogP contribution in [0.15, 0.2) is 12.1 Å². The topological polar surface area (TPSA) is 29.3 Å². The molecule has 2 rings (SSSR count). The molecule has 0 saturated heterocycles. The summed E-state index contributed by atoms with van der Waals surface area (Å²) in [5.74, 6) is -0.190. The molecule has 0 aliphatic carbocycles. The molecule has 0 fully saturated rings. The summed E-state index contributed by atoms with van der Waals surface area (Å²) in [5.41, 5.74) is 7.92. The second-order valence-corrected chi connectivity index (χ2v) is 3.89. The fourth-order valence-corrected chi connectivity index (χ4v) is 2.07. The first kappa shape index (κ1) is 9.31. The highest BCUT2D eigenvalue weighted by molar-refractivity contribution is 5.61. The third-order valence-electron chi connectivity index (χ3n) is 2.74. The van der Waals surface area contributed by atoms with Gasteiger partial charge in [0, 0.05) is 19.3 Å². The highest BCUT2D eigenvalue weighted by atomic mass is 19.1. The van der Waals surface area contributed by atoms with E-state index in [1.165, 1.54) is 6.07 Å². The minimum absolute atomic E-state index is 0.190. The normalized spacial score (nSPS) is 16.3. The Morgan fingerprint density at radius 1 is 1.36 bits per heavy atom. The zero-order chi connectivity index (χ0) is 10.1. The van der Waals surface area contributed by atoms with E-state index in [0.29, 0.717) is 5.69 Å². The largest absolute Gasteiger partial charge is 0.399 e. The average molecular weight is 194 g/mol. The smallest absolute Gasteiger partial charge is 0.148 e. The molecule has 1 aromatic rings. The lowest BCUT2D eigenvalue weighted by molar-refractivity contribution is 0.622. The van der Waals surface area contributed by atoms with E-state index in [4.69, 9.17) is 5.73 Å². The van der Waals surface area contributed by atoms with E-state index in [1.54, 1.807) is 0 Å². The zero-order valence-corrected chi connectivity index (χ0v) is 8.39. The van der Waals surface area contributed by atoms with Crippen molar-refractivity contribution in [2.45, 2.75) is 19.3 Å². The quantitative estimate of drug-likeness (QED) is 0.641. The number of aryl methyl sites for hydroxylation is 1. The van der Waals surface area contributed by atoms with Crippen molar-refractivity contribution in [2.24, 2.45) is 0 Å². The average Bonchev–Trinajstić information content (AvgIpc) is 2.27. The van der Waals surface area contributed by atoms with Gasteiger partial charge < -0.3 is 10.6 Å². The van der Waals surface area contributed by atoms with Crippen molar-refractivity contribution in [1.29, 1.82) is 0 Å². The maximum Gasteiger partial charge on any atom is 0.148 e. The summed E-state index contributed by atoms with van der Waals surface area (Å²) >= 11 is 0. The molecule has 0 spiro atoms. The molecule has 1 aromatic carbocycles. The van der Waals surface area contributed by atoms with E-state index >= 15 is 0 Å². The van der Waals surface area contributed by atoms with E-state index in [0.717, 1.165) is 37.1 Å². The van der Waals surface area contributed by atoms with Gasteiger partial charge in [0.05, 0.1) is 5.69 Å². The van der Waals surface area contributed by atoms with Crippen LogP contribution in [0.4, 0.5) is 15.8 Å². The van der Waals surface area contributed by atoms with Crippen LogP contribution in [-0.2, 0) is 6.42 Å². The van der Waals surface area contributed by atoms with Crippen LogP contribution in [0.25, 0.3) is 0 Å². The Balaban J connectivity index is 2.53. The summed E-state index contributed by atoms with van der Waals surface area (Å²) in [7, 11) is 1.93. The first-order chi connectivity index (χ1) is 6.68. The van der Waals surface area contributed by atoms with Crippen LogP contribution in [-0.4, -0.2) is 13.6 Å². The third-order valence-corrected chi connectivity index (χ3v) is 2.74. The summed E-state index contributed by atoms with van der Waals surface area (Å²) in [4.78, 5) is 1.98. The summed E-state index contributed by atoms with van der Waals surface area (Å²) in [6.45, 7) is 0.924.